The van der Waals surface area contributed by atoms with Gasteiger partial charge >= 0.3 is 0 Å². The van der Waals surface area contributed by atoms with Gasteiger partial charge in [-0.05, 0) is 131 Å². The molecule has 0 N–H and O–H groups in total. The van der Waals surface area contributed by atoms with Crippen molar-refractivity contribution in [3.63, 3.8) is 0 Å². The van der Waals surface area contributed by atoms with Crippen molar-refractivity contribution in [3.05, 3.63) is 216 Å². The number of benzene rings is 10. The smallest absolute Gasteiger partial charge is 0.0540 e. The van der Waals surface area contributed by atoms with Gasteiger partial charge in [0, 0.05) is 33.5 Å². The minimum atomic E-state index is 1.13. The van der Waals surface area contributed by atoms with Gasteiger partial charge in [0.2, 0.25) is 0 Å². The minimum absolute atomic E-state index is 1.13. The number of rotatable bonds is 8. The van der Waals surface area contributed by atoms with E-state index in [1.54, 1.807) is 0 Å². The molecule has 0 radical (unpaired) electrons. The van der Waals surface area contributed by atoms with Crippen LogP contribution in [0, 0.1) is 27.7 Å². The summed E-state index contributed by atoms with van der Waals surface area (Å²) in [5, 5.41) is 7.47. The molecule has 0 unspecified atom stereocenters. The van der Waals surface area contributed by atoms with Crippen molar-refractivity contribution >= 4 is 66.4 Å². The summed E-state index contributed by atoms with van der Waals surface area (Å²) in [5.74, 6) is 0. The van der Waals surface area contributed by atoms with Gasteiger partial charge < -0.3 is 9.80 Å². The Morgan fingerprint density at radius 3 is 1.07 bits per heavy atom. The molecule has 10 aromatic rings. The van der Waals surface area contributed by atoms with E-state index in [1.807, 2.05) is 0 Å². The summed E-state index contributed by atoms with van der Waals surface area (Å²) in [4.78, 5) is 4.93. The maximum absolute atomic E-state index is 2.46. The average molecular weight is 745 g/mol. The van der Waals surface area contributed by atoms with Crippen LogP contribution in [0.15, 0.2) is 194 Å². The quantitative estimate of drug-likeness (QED) is 0.143. The minimum Gasteiger partial charge on any atom is -0.310 e. The predicted octanol–water partition coefficient (Wildman–Crippen LogP) is 16.1. The molecule has 0 aliphatic rings. The molecule has 0 amide bonds. The van der Waals surface area contributed by atoms with E-state index < -0.39 is 0 Å². The molecule has 278 valence electrons. The standard InChI is InChI=1S/C56H44N2/c1-37-21-29-45(30-22-37)57(51-19-11-17-47(39(51)3)41-13-7-5-8-14-41)53-35-27-43-26-34-50-54(36-28-44-25-33-49(53)55(43)56(44)50)58(46-31-23-38(2)24-32-46)52-20-12-18-48(40(52)4)42-15-9-6-10-16-42/h5-36H,1-4H3. The zero-order chi connectivity index (χ0) is 39.3. The summed E-state index contributed by atoms with van der Waals surface area (Å²) < 4.78 is 0. The molecule has 0 bridgehead atoms. The molecule has 0 aromatic heterocycles. The predicted molar refractivity (Wildman–Crippen MR) is 249 cm³/mol. The lowest BCUT2D eigenvalue weighted by molar-refractivity contribution is 1.25. The van der Waals surface area contributed by atoms with E-state index in [4.69, 9.17) is 0 Å². The molecule has 0 heterocycles. The van der Waals surface area contributed by atoms with Gasteiger partial charge in [-0.15, -0.1) is 0 Å². The molecular weight excluding hydrogens is 701 g/mol. The lowest BCUT2D eigenvalue weighted by atomic mass is 9.91. The van der Waals surface area contributed by atoms with Crippen LogP contribution >= 0.6 is 0 Å². The highest BCUT2D eigenvalue weighted by Gasteiger charge is 2.24. The highest BCUT2D eigenvalue weighted by atomic mass is 15.2. The van der Waals surface area contributed by atoms with Gasteiger partial charge in [-0.1, -0.05) is 157 Å². The Kier molecular flexibility index (Phi) is 8.76. The topological polar surface area (TPSA) is 6.48 Å². The Labute approximate surface area is 341 Å². The summed E-state index contributed by atoms with van der Waals surface area (Å²) >= 11 is 0. The van der Waals surface area contributed by atoms with Crippen molar-refractivity contribution in [2.45, 2.75) is 27.7 Å². The van der Waals surface area contributed by atoms with E-state index in [1.165, 1.54) is 88.2 Å². The fourth-order valence-electron chi connectivity index (χ4n) is 8.96. The van der Waals surface area contributed by atoms with Crippen LogP contribution in [-0.2, 0) is 0 Å². The van der Waals surface area contributed by atoms with Crippen LogP contribution in [-0.4, -0.2) is 0 Å². The number of aryl methyl sites for hydroxylation is 2. The molecule has 0 aliphatic carbocycles. The van der Waals surface area contributed by atoms with E-state index >= 15 is 0 Å². The first-order valence-electron chi connectivity index (χ1n) is 20.2. The first kappa shape index (κ1) is 35.3. The normalized spacial score (nSPS) is 11.4. The van der Waals surface area contributed by atoms with Crippen LogP contribution in [0.3, 0.4) is 0 Å². The van der Waals surface area contributed by atoms with Crippen LogP contribution in [0.25, 0.3) is 54.6 Å². The van der Waals surface area contributed by atoms with Crippen molar-refractivity contribution in [2.24, 2.45) is 0 Å². The Morgan fingerprint density at radius 1 is 0.293 bits per heavy atom. The first-order valence-corrected chi connectivity index (χ1v) is 20.2. The molecule has 0 saturated heterocycles. The molecular formula is C56H44N2. The molecule has 0 aliphatic heterocycles. The van der Waals surface area contributed by atoms with Crippen molar-refractivity contribution in [1.82, 2.24) is 0 Å². The van der Waals surface area contributed by atoms with Crippen LogP contribution in [0.4, 0.5) is 34.1 Å². The third kappa shape index (κ3) is 5.97. The monoisotopic (exact) mass is 744 g/mol. The number of hydrogen-bond acceptors (Lipinski definition) is 2. The van der Waals surface area contributed by atoms with Gasteiger partial charge in [-0.25, -0.2) is 0 Å². The Bertz CT molecular complexity index is 2860. The van der Waals surface area contributed by atoms with Crippen molar-refractivity contribution < 1.29 is 0 Å². The lowest BCUT2D eigenvalue weighted by Gasteiger charge is -2.31. The van der Waals surface area contributed by atoms with Gasteiger partial charge in [0.05, 0.1) is 11.4 Å². The summed E-state index contributed by atoms with van der Waals surface area (Å²) in [7, 11) is 0. The van der Waals surface area contributed by atoms with Gasteiger partial charge in [-0.3, -0.25) is 0 Å². The molecule has 58 heavy (non-hydrogen) atoms. The van der Waals surface area contributed by atoms with Crippen LogP contribution < -0.4 is 9.80 Å². The Balaban J connectivity index is 1.22. The largest absolute Gasteiger partial charge is 0.310 e. The second-order valence-electron chi connectivity index (χ2n) is 15.6. The van der Waals surface area contributed by atoms with Crippen LogP contribution in [0.5, 0.6) is 0 Å². The summed E-state index contributed by atoms with van der Waals surface area (Å²) in [6.45, 7) is 8.83. The molecule has 0 saturated carbocycles. The second-order valence-corrected chi connectivity index (χ2v) is 15.6. The number of nitrogens with zero attached hydrogens (tertiary/aromatic N) is 2. The van der Waals surface area contributed by atoms with Gasteiger partial charge in [0.25, 0.3) is 0 Å². The summed E-state index contributed by atoms with van der Waals surface area (Å²) in [6.07, 6.45) is 0. The van der Waals surface area contributed by atoms with Crippen LogP contribution in [0.2, 0.25) is 0 Å². The van der Waals surface area contributed by atoms with Gasteiger partial charge in [0.15, 0.2) is 0 Å². The molecule has 2 heteroatoms. The molecule has 10 aromatic carbocycles. The van der Waals surface area contributed by atoms with Crippen molar-refractivity contribution in [1.29, 1.82) is 0 Å². The van der Waals surface area contributed by atoms with E-state index in [0.29, 0.717) is 0 Å². The molecule has 10 rings (SSSR count). The molecule has 2 nitrogen and oxygen atoms in total. The third-order valence-electron chi connectivity index (χ3n) is 11.9. The highest BCUT2D eigenvalue weighted by molar-refractivity contribution is 6.28. The van der Waals surface area contributed by atoms with Crippen LogP contribution in [0.1, 0.15) is 22.3 Å². The zero-order valence-electron chi connectivity index (χ0n) is 33.4. The van der Waals surface area contributed by atoms with E-state index in [9.17, 15) is 0 Å². The van der Waals surface area contributed by atoms with Gasteiger partial charge in [-0.2, -0.15) is 0 Å². The van der Waals surface area contributed by atoms with Gasteiger partial charge in [0.1, 0.15) is 0 Å². The lowest BCUT2D eigenvalue weighted by Crippen LogP contribution is -2.13. The first-order chi connectivity index (χ1) is 28.4. The van der Waals surface area contributed by atoms with E-state index in [0.717, 1.165) is 22.7 Å². The molecule has 0 spiro atoms. The summed E-state index contributed by atoms with van der Waals surface area (Å²) in [5.41, 5.74) is 16.8. The average Bonchev–Trinajstić information content (AvgIpc) is 3.26. The van der Waals surface area contributed by atoms with E-state index in [-0.39, 0.29) is 0 Å². The molecule has 0 fully saturated rings. The highest BCUT2D eigenvalue weighted by Crippen LogP contribution is 2.49. The summed E-state index contributed by atoms with van der Waals surface area (Å²) in [6, 6.07) is 71.3. The fraction of sp³-hybridized carbons (Fsp3) is 0.0714. The fourth-order valence-corrected chi connectivity index (χ4v) is 8.96. The van der Waals surface area contributed by atoms with Crippen molar-refractivity contribution in [2.75, 3.05) is 9.80 Å². The molecule has 0 atom stereocenters. The third-order valence-corrected chi connectivity index (χ3v) is 11.9. The van der Waals surface area contributed by atoms with E-state index in [2.05, 4.69) is 232 Å². The second kappa shape index (κ2) is 14.4. The zero-order valence-corrected chi connectivity index (χ0v) is 33.4. The number of anilines is 6. The Hall–Kier alpha value is -7.16. The number of hydrogen-bond donors (Lipinski definition) is 0. The Morgan fingerprint density at radius 2 is 0.672 bits per heavy atom. The maximum atomic E-state index is 2.46. The SMILES string of the molecule is Cc1ccc(N(c2cccc(-c3ccccc3)c2C)c2ccc3ccc4c(N(c5ccc(C)cc5)c5cccc(-c6ccccc6)c5C)ccc5ccc2c3c54)cc1. The van der Waals surface area contributed by atoms with Crippen molar-refractivity contribution in [3.8, 4) is 22.3 Å². The maximum Gasteiger partial charge on any atom is 0.0540 e.